The molecule has 1 unspecified atom stereocenters. The van der Waals surface area contributed by atoms with E-state index < -0.39 is 17.2 Å². The number of hydrogen-bond donors (Lipinski definition) is 1. The summed E-state index contributed by atoms with van der Waals surface area (Å²) < 4.78 is 26.0. The molecule has 1 rings (SSSR count). The Morgan fingerprint density at radius 3 is 2.71 bits per heavy atom. The van der Waals surface area contributed by atoms with E-state index in [1.54, 1.807) is 0 Å². The zero-order chi connectivity index (χ0) is 10.8. The summed E-state index contributed by atoms with van der Waals surface area (Å²) in [6, 6.07) is 2.91. The highest BCUT2D eigenvalue weighted by Crippen LogP contribution is 2.26. The van der Waals surface area contributed by atoms with Crippen molar-refractivity contribution in [3.63, 3.8) is 0 Å². The largest absolute Gasteiger partial charge is 0.384 e. The first-order valence-electron chi connectivity index (χ1n) is 4.09. The molecule has 1 N–H and O–H groups in total. The third kappa shape index (κ3) is 2.09. The van der Waals surface area contributed by atoms with Crippen LogP contribution in [0.2, 0.25) is 0 Å². The molecular formula is C11H10F2O. The summed E-state index contributed by atoms with van der Waals surface area (Å²) in [4.78, 5) is 0. The summed E-state index contributed by atoms with van der Waals surface area (Å²) in [5.41, 5.74) is -1.64. The summed E-state index contributed by atoms with van der Waals surface area (Å²) in [6.07, 6.45) is 4.95. The maximum atomic E-state index is 13.2. The van der Waals surface area contributed by atoms with Crippen molar-refractivity contribution in [3.8, 4) is 12.3 Å². The molecule has 0 aromatic heterocycles. The Balaban J connectivity index is 3.18. The number of benzene rings is 1. The lowest BCUT2D eigenvalue weighted by Crippen LogP contribution is -2.22. The van der Waals surface area contributed by atoms with E-state index in [9.17, 15) is 13.9 Å². The molecule has 0 saturated carbocycles. The van der Waals surface area contributed by atoms with Gasteiger partial charge in [0.05, 0.1) is 0 Å². The van der Waals surface area contributed by atoms with Crippen LogP contribution in [0.4, 0.5) is 8.78 Å². The molecule has 0 fully saturated rings. The predicted molar refractivity (Wildman–Crippen MR) is 49.4 cm³/mol. The molecular weight excluding hydrogens is 186 g/mol. The van der Waals surface area contributed by atoms with E-state index in [0.717, 1.165) is 18.2 Å². The van der Waals surface area contributed by atoms with Gasteiger partial charge in [-0.25, -0.2) is 8.78 Å². The Hall–Kier alpha value is -1.40. The van der Waals surface area contributed by atoms with Gasteiger partial charge in [0.15, 0.2) is 0 Å². The Morgan fingerprint density at radius 1 is 1.50 bits per heavy atom. The molecule has 1 atom stereocenters. The summed E-state index contributed by atoms with van der Waals surface area (Å²) in [5.74, 6) is 0.955. The molecule has 1 nitrogen and oxygen atoms in total. The number of halogens is 2. The van der Waals surface area contributed by atoms with Crippen LogP contribution in [0, 0.1) is 24.0 Å². The third-order valence-electron chi connectivity index (χ3n) is 1.95. The highest BCUT2D eigenvalue weighted by molar-refractivity contribution is 5.25. The number of aliphatic hydroxyl groups is 1. The van der Waals surface area contributed by atoms with Gasteiger partial charge in [0, 0.05) is 12.0 Å². The van der Waals surface area contributed by atoms with Crippen LogP contribution in [0.3, 0.4) is 0 Å². The molecule has 0 radical (unpaired) electrons. The fourth-order valence-electron chi connectivity index (χ4n) is 1.20. The van der Waals surface area contributed by atoms with Gasteiger partial charge in [0.2, 0.25) is 0 Å². The lowest BCUT2D eigenvalue weighted by atomic mass is 9.92. The van der Waals surface area contributed by atoms with Gasteiger partial charge < -0.3 is 5.11 Å². The van der Waals surface area contributed by atoms with E-state index in [1.807, 2.05) is 0 Å². The van der Waals surface area contributed by atoms with E-state index in [1.165, 1.54) is 6.92 Å². The molecule has 0 bridgehead atoms. The van der Waals surface area contributed by atoms with Crippen molar-refractivity contribution >= 4 is 0 Å². The van der Waals surface area contributed by atoms with Crippen molar-refractivity contribution in [1.29, 1.82) is 0 Å². The van der Waals surface area contributed by atoms with Crippen molar-refractivity contribution in [2.45, 2.75) is 18.9 Å². The lowest BCUT2D eigenvalue weighted by molar-refractivity contribution is 0.0587. The molecule has 0 aliphatic rings. The van der Waals surface area contributed by atoms with Crippen LogP contribution in [-0.4, -0.2) is 5.11 Å². The molecule has 0 aliphatic carbocycles. The molecule has 0 spiro atoms. The topological polar surface area (TPSA) is 20.2 Å². The van der Waals surface area contributed by atoms with Crippen LogP contribution in [0.5, 0.6) is 0 Å². The second kappa shape index (κ2) is 3.77. The van der Waals surface area contributed by atoms with Crippen molar-refractivity contribution in [2.75, 3.05) is 0 Å². The molecule has 0 heterocycles. The van der Waals surface area contributed by atoms with Gasteiger partial charge in [-0.1, -0.05) is 0 Å². The highest BCUT2D eigenvalue weighted by Gasteiger charge is 2.25. The minimum atomic E-state index is -1.53. The van der Waals surface area contributed by atoms with Gasteiger partial charge in [-0.2, -0.15) is 0 Å². The van der Waals surface area contributed by atoms with Gasteiger partial charge in [-0.05, 0) is 25.1 Å². The van der Waals surface area contributed by atoms with E-state index >= 15 is 0 Å². The minimum absolute atomic E-state index is 0.0621. The maximum Gasteiger partial charge on any atom is 0.129 e. The third-order valence-corrected chi connectivity index (χ3v) is 1.95. The van der Waals surface area contributed by atoms with E-state index in [2.05, 4.69) is 5.92 Å². The van der Waals surface area contributed by atoms with Gasteiger partial charge >= 0.3 is 0 Å². The fraction of sp³-hybridized carbons (Fsp3) is 0.273. The van der Waals surface area contributed by atoms with Crippen molar-refractivity contribution in [3.05, 3.63) is 35.4 Å². The normalized spacial score (nSPS) is 14.5. The SMILES string of the molecule is C#CCC(C)(O)c1cc(F)ccc1F. The van der Waals surface area contributed by atoms with Crippen LogP contribution in [0.15, 0.2) is 18.2 Å². The van der Waals surface area contributed by atoms with Gasteiger partial charge in [0.1, 0.15) is 17.2 Å². The number of rotatable bonds is 2. The first kappa shape index (κ1) is 10.7. The average molecular weight is 196 g/mol. The summed E-state index contributed by atoms with van der Waals surface area (Å²) in [7, 11) is 0. The molecule has 1 aromatic carbocycles. The Labute approximate surface area is 81.4 Å². The van der Waals surface area contributed by atoms with E-state index in [0.29, 0.717) is 0 Å². The van der Waals surface area contributed by atoms with Crippen molar-refractivity contribution in [2.24, 2.45) is 0 Å². The monoisotopic (exact) mass is 196 g/mol. The predicted octanol–water partition coefficient (Wildman–Crippen LogP) is 2.20. The van der Waals surface area contributed by atoms with Gasteiger partial charge in [-0.15, -0.1) is 12.3 Å². The smallest absolute Gasteiger partial charge is 0.129 e. The maximum absolute atomic E-state index is 13.2. The highest BCUT2D eigenvalue weighted by atomic mass is 19.1. The van der Waals surface area contributed by atoms with Crippen LogP contribution < -0.4 is 0 Å². The van der Waals surface area contributed by atoms with Gasteiger partial charge in [0.25, 0.3) is 0 Å². The zero-order valence-corrected chi connectivity index (χ0v) is 7.72. The van der Waals surface area contributed by atoms with Crippen LogP contribution in [0.1, 0.15) is 18.9 Å². The molecule has 0 saturated heterocycles. The quantitative estimate of drug-likeness (QED) is 0.719. The van der Waals surface area contributed by atoms with Crippen molar-refractivity contribution < 1.29 is 13.9 Å². The zero-order valence-electron chi connectivity index (χ0n) is 7.72. The van der Waals surface area contributed by atoms with E-state index in [-0.39, 0.29) is 12.0 Å². The Kier molecular flexibility index (Phi) is 2.87. The minimum Gasteiger partial charge on any atom is -0.384 e. The number of hydrogen-bond acceptors (Lipinski definition) is 1. The van der Waals surface area contributed by atoms with E-state index in [4.69, 9.17) is 6.42 Å². The Morgan fingerprint density at radius 2 is 2.14 bits per heavy atom. The molecule has 3 heteroatoms. The second-order valence-corrected chi connectivity index (χ2v) is 3.28. The van der Waals surface area contributed by atoms with Crippen molar-refractivity contribution in [1.82, 2.24) is 0 Å². The first-order valence-corrected chi connectivity index (χ1v) is 4.09. The summed E-state index contributed by atoms with van der Waals surface area (Å²) >= 11 is 0. The molecule has 0 amide bonds. The van der Waals surface area contributed by atoms with Crippen LogP contribution in [-0.2, 0) is 5.60 Å². The van der Waals surface area contributed by atoms with Gasteiger partial charge in [-0.3, -0.25) is 0 Å². The first-order chi connectivity index (χ1) is 6.47. The second-order valence-electron chi connectivity index (χ2n) is 3.28. The summed E-state index contributed by atoms with van der Waals surface area (Å²) in [5, 5.41) is 9.74. The van der Waals surface area contributed by atoms with Crippen LogP contribution in [0.25, 0.3) is 0 Å². The standard InChI is InChI=1S/C11H10F2O/c1-3-6-11(2,14)9-7-8(12)4-5-10(9)13/h1,4-5,7,14H,6H2,2H3. The Bertz CT molecular complexity index is 377. The fourth-order valence-corrected chi connectivity index (χ4v) is 1.20. The molecule has 14 heavy (non-hydrogen) atoms. The molecule has 0 aliphatic heterocycles. The average Bonchev–Trinajstić information content (AvgIpc) is 2.09. The molecule has 1 aromatic rings. The number of terminal acetylenes is 1. The molecule has 74 valence electrons. The lowest BCUT2D eigenvalue weighted by Gasteiger charge is -2.21. The summed E-state index contributed by atoms with van der Waals surface area (Å²) in [6.45, 7) is 1.35. The van der Waals surface area contributed by atoms with Crippen LogP contribution >= 0.6 is 0 Å².